The van der Waals surface area contributed by atoms with Crippen molar-refractivity contribution in [3.8, 4) is 23.0 Å². The van der Waals surface area contributed by atoms with Gasteiger partial charge in [-0.05, 0) is 84.3 Å². The number of hydrogen-bond acceptors (Lipinski definition) is 4. The second-order valence-corrected chi connectivity index (χ2v) is 12.2. The molecule has 6 heteroatoms. The van der Waals surface area contributed by atoms with Crippen molar-refractivity contribution in [2.24, 2.45) is 0 Å². The number of unbranched alkanes of at least 4 members (excludes halogenated alkanes) is 2. The third-order valence-electron chi connectivity index (χ3n) is 9.10. The van der Waals surface area contributed by atoms with E-state index in [1.807, 2.05) is 24.8 Å². The molecule has 0 bridgehead atoms. The van der Waals surface area contributed by atoms with E-state index in [0.717, 1.165) is 60.6 Å². The Morgan fingerprint density at radius 3 is 1.26 bits per heavy atom. The van der Waals surface area contributed by atoms with E-state index in [1.165, 1.54) is 43.8 Å². The maximum Gasteiger partial charge on any atom is 0.234 e. The van der Waals surface area contributed by atoms with Crippen LogP contribution in [0.25, 0.3) is 66.6 Å². The minimum absolute atomic E-state index is 0.703. The van der Waals surface area contributed by atoms with Crippen LogP contribution < -0.4 is 0 Å². The molecule has 0 aliphatic heterocycles. The first-order valence-electron chi connectivity index (χ1n) is 16.4. The lowest BCUT2D eigenvalue weighted by Gasteiger charge is -2.08. The van der Waals surface area contributed by atoms with E-state index < -0.39 is 0 Å². The largest absolute Gasteiger partial charge is 0.278 e. The van der Waals surface area contributed by atoms with Crippen LogP contribution >= 0.6 is 0 Å². The van der Waals surface area contributed by atoms with Gasteiger partial charge in [0.2, 0.25) is 11.9 Å². The molecule has 4 aromatic carbocycles. The lowest BCUT2D eigenvalue weighted by Crippen LogP contribution is -2.02. The lowest BCUT2D eigenvalue weighted by molar-refractivity contribution is 0.785. The standard InChI is InChI=1S/C40H36N6/c1-3-5-11-27-23-41-39(42-24-27)45-35-15-9-7-13-31(35)33-21-29(17-19-37(33)45)30-18-20-38-34(22-30)32-14-8-10-16-36(32)46(38)40-43-25-28(26-44-40)12-6-4-2/h7-10,13-26H,3-6,11-12H2,1-2H3. The molecule has 0 unspecified atom stereocenters. The van der Waals surface area contributed by atoms with Crippen molar-refractivity contribution in [1.82, 2.24) is 29.1 Å². The molecule has 0 spiro atoms. The molecule has 4 aromatic heterocycles. The third-order valence-corrected chi connectivity index (χ3v) is 9.10. The monoisotopic (exact) mass is 600 g/mol. The van der Waals surface area contributed by atoms with Gasteiger partial charge in [-0.25, -0.2) is 19.9 Å². The molecule has 0 radical (unpaired) electrons. The molecule has 0 saturated carbocycles. The Morgan fingerprint density at radius 1 is 0.457 bits per heavy atom. The van der Waals surface area contributed by atoms with Gasteiger partial charge < -0.3 is 0 Å². The van der Waals surface area contributed by atoms with Gasteiger partial charge in [-0.1, -0.05) is 75.2 Å². The molecule has 0 amide bonds. The SMILES string of the molecule is CCCCc1cnc(-n2c3ccccc3c3cc(-c4ccc5c(c4)c4ccccc4n5-c4ncc(CCCC)cn4)ccc32)nc1. The Kier molecular flexibility index (Phi) is 7.25. The molecule has 0 atom stereocenters. The maximum atomic E-state index is 4.80. The molecular formula is C40H36N6. The van der Waals surface area contributed by atoms with E-state index in [-0.39, 0.29) is 0 Å². The van der Waals surface area contributed by atoms with Crippen LogP contribution in [0.1, 0.15) is 50.7 Å². The zero-order valence-electron chi connectivity index (χ0n) is 26.3. The molecule has 8 rings (SSSR count). The Labute approximate surface area is 268 Å². The van der Waals surface area contributed by atoms with Gasteiger partial charge in [-0.15, -0.1) is 0 Å². The Morgan fingerprint density at radius 2 is 0.848 bits per heavy atom. The normalized spacial score (nSPS) is 11.8. The van der Waals surface area contributed by atoms with Crippen LogP contribution in [0.4, 0.5) is 0 Å². The highest BCUT2D eigenvalue weighted by molar-refractivity contribution is 6.12. The Bertz CT molecular complexity index is 2160. The highest BCUT2D eigenvalue weighted by atomic mass is 15.2. The highest BCUT2D eigenvalue weighted by Gasteiger charge is 2.17. The van der Waals surface area contributed by atoms with Gasteiger partial charge in [0.15, 0.2) is 0 Å². The van der Waals surface area contributed by atoms with E-state index >= 15 is 0 Å². The summed E-state index contributed by atoms with van der Waals surface area (Å²) >= 11 is 0. The van der Waals surface area contributed by atoms with Gasteiger partial charge in [-0.3, -0.25) is 9.13 Å². The molecule has 6 nitrogen and oxygen atoms in total. The molecule has 4 heterocycles. The van der Waals surface area contributed by atoms with Crippen molar-refractivity contribution in [2.75, 3.05) is 0 Å². The molecule has 8 aromatic rings. The van der Waals surface area contributed by atoms with Gasteiger partial charge >= 0.3 is 0 Å². The van der Waals surface area contributed by atoms with E-state index in [2.05, 4.69) is 108 Å². The molecule has 0 saturated heterocycles. The smallest absolute Gasteiger partial charge is 0.234 e. The number of para-hydroxylation sites is 2. The average molecular weight is 601 g/mol. The number of hydrogen-bond donors (Lipinski definition) is 0. The minimum Gasteiger partial charge on any atom is -0.278 e. The summed E-state index contributed by atoms with van der Waals surface area (Å²) in [5.74, 6) is 1.41. The van der Waals surface area contributed by atoms with E-state index in [9.17, 15) is 0 Å². The number of aromatic nitrogens is 6. The molecule has 0 N–H and O–H groups in total. The zero-order valence-corrected chi connectivity index (χ0v) is 26.3. The fraction of sp³-hybridized carbons (Fsp3) is 0.200. The van der Waals surface area contributed by atoms with Crippen molar-refractivity contribution >= 4 is 43.6 Å². The fourth-order valence-corrected chi connectivity index (χ4v) is 6.68. The van der Waals surface area contributed by atoms with Crippen molar-refractivity contribution in [3.05, 3.63) is 121 Å². The van der Waals surface area contributed by atoms with Crippen molar-refractivity contribution in [2.45, 2.75) is 52.4 Å². The first-order chi connectivity index (χ1) is 22.7. The third kappa shape index (κ3) is 4.81. The average Bonchev–Trinajstić information content (AvgIpc) is 3.62. The summed E-state index contributed by atoms with van der Waals surface area (Å²) in [5, 5.41) is 4.75. The minimum atomic E-state index is 0.703. The first-order valence-corrected chi connectivity index (χ1v) is 16.4. The van der Waals surface area contributed by atoms with Gasteiger partial charge in [0.25, 0.3) is 0 Å². The number of aryl methyl sites for hydroxylation is 2. The number of fused-ring (bicyclic) bond motifs is 6. The fourth-order valence-electron chi connectivity index (χ4n) is 6.68. The molecule has 46 heavy (non-hydrogen) atoms. The Hall–Kier alpha value is -5.36. The summed E-state index contributed by atoms with van der Waals surface area (Å²) in [6.45, 7) is 4.42. The molecule has 0 aliphatic rings. The molecule has 226 valence electrons. The van der Waals surface area contributed by atoms with Crippen molar-refractivity contribution < 1.29 is 0 Å². The van der Waals surface area contributed by atoms with Gasteiger partial charge in [0.1, 0.15) is 0 Å². The molecule has 0 fully saturated rings. The second kappa shape index (κ2) is 11.9. The summed E-state index contributed by atoms with van der Waals surface area (Å²) < 4.78 is 4.37. The van der Waals surface area contributed by atoms with Gasteiger partial charge in [0.05, 0.1) is 22.1 Å². The predicted molar refractivity (Wildman–Crippen MR) is 189 cm³/mol. The maximum absolute atomic E-state index is 4.80. The predicted octanol–water partition coefficient (Wildman–Crippen LogP) is 9.81. The van der Waals surface area contributed by atoms with Gasteiger partial charge in [-0.2, -0.15) is 0 Å². The quantitative estimate of drug-likeness (QED) is 0.165. The van der Waals surface area contributed by atoms with Crippen LogP contribution in [-0.4, -0.2) is 29.1 Å². The van der Waals surface area contributed by atoms with E-state index in [0.29, 0.717) is 11.9 Å². The summed E-state index contributed by atoms with van der Waals surface area (Å²) in [4.78, 5) is 19.2. The number of benzene rings is 4. The number of nitrogens with zero attached hydrogens (tertiary/aromatic N) is 6. The van der Waals surface area contributed by atoms with Gasteiger partial charge in [0, 0.05) is 46.3 Å². The highest BCUT2D eigenvalue weighted by Crippen LogP contribution is 2.37. The van der Waals surface area contributed by atoms with Crippen molar-refractivity contribution in [3.63, 3.8) is 0 Å². The van der Waals surface area contributed by atoms with Crippen LogP contribution in [0.2, 0.25) is 0 Å². The van der Waals surface area contributed by atoms with Crippen LogP contribution in [-0.2, 0) is 12.8 Å². The zero-order chi connectivity index (χ0) is 31.0. The summed E-state index contributed by atoms with van der Waals surface area (Å²) in [6, 6.07) is 30.5. The summed E-state index contributed by atoms with van der Waals surface area (Å²) in [6.07, 6.45) is 14.5. The molecular weight excluding hydrogens is 564 g/mol. The van der Waals surface area contributed by atoms with Crippen LogP contribution in [0.15, 0.2) is 110 Å². The van der Waals surface area contributed by atoms with Crippen LogP contribution in [0.5, 0.6) is 0 Å². The van der Waals surface area contributed by atoms with E-state index in [1.54, 1.807) is 0 Å². The summed E-state index contributed by atoms with van der Waals surface area (Å²) in [5.41, 5.74) is 9.11. The number of rotatable bonds is 9. The van der Waals surface area contributed by atoms with Crippen LogP contribution in [0.3, 0.4) is 0 Å². The lowest BCUT2D eigenvalue weighted by atomic mass is 10.0. The summed E-state index contributed by atoms with van der Waals surface area (Å²) in [7, 11) is 0. The first kappa shape index (κ1) is 28.1. The second-order valence-electron chi connectivity index (χ2n) is 12.2. The van der Waals surface area contributed by atoms with Crippen molar-refractivity contribution in [1.29, 1.82) is 0 Å². The van der Waals surface area contributed by atoms with Crippen LogP contribution in [0, 0.1) is 0 Å². The Balaban J connectivity index is 1.23. The topological polar surface area (TPSA) is 61.4 Å². The molecule has 0 aliphatic carbocycles. The van der Waals surface area contributed by atoms with E-state index in [4.69, 9.17) is 19.9 Å².